The Kier molecular flexibility index (Phi) is 4.20. The van der Waals surface area contributed by atoms with Crippen molar-refractivity contribution in [2.45, 2.75) is 38.6 Å². The standard InChI is InChI=1S/C17H20ClNO2/c1-12-6-7-15-13(9-12)10-16(21-15)17(20)19-8-4-2-3-5-14(19)11-18/h6-7,9-10,14H,2-5,8,11H2,1H3. The number of hydrogen-bond acceptors (Lipinski definition) is 2. The number of furan rings is 1. The van der Waals surface area contributed by atoms with E-state index in [2.05, 4.69) is 0 Å². The first-order valence-corrected chi connectivity index (χ1v) is 8.09. The second kappa shape index (κ2) is 6.10. The average molecular weight is 306 g/mol. The smallest absolute Gasteiger partial charge is 0.289 e. The van der Waals surface area contributed by atoms with Crippen LogP contribution in [0.4, 0.5) is 0 Å². The van der Waals surface area contributed by atoms with Crippen molar-refractivity contribution in [3.8, 4) is 0 Å². The number of rotatable bonds is 2. The van der Waals surface area contributed by atoms with E-state index in [1.54, 1.807) is 0 Å². The number of amides is 1. The fraction of sp³-hybridized carbons (Fsp3) is 0.471. The molecule has 1 atom stereocenters. The van der Waals surface area contributed by atoms with Crippen LogP contribution < -0.4 is 0 Å². The molecular weight excluding hydrogens is 286 g/mol. The Morgan fingerprint density at radius 3 is 3.00 bits per heavy atom. The third kappa shape index (κ3) is 2.93. The average Bonchev–Trinajstić information content (AvgIpc) is 2.75. The van der Waals surface area contributed by atoms with Crippen molar-refractivity contribution >= 4 is 28.5 Å². The van der Waals surface area contributed by atoms with Crippen molar-refractivity contribution in [3.63, 3.8) is 0 Å². The van der Waals surface area contributed by atoms with Crippen molar-refractivity contribution in [3.05, 3.63) is 35.6 Å². The maximum Gasteiger partial charge on any atom is 0.289 e. The quantitative estimate of drug-likeness (QED) is 0.772. The van der Waals surface area contributed by atoms with Gasteiger partial charge in [-0.2, -0.15) is 0 Å². The number of halogens is 1. The zero-order chi connectivity index (χ0) is 14.8. The van der Waals surface area contributed by atoms with Gasteiger partial charge in [-0.15, -0.1) is 11.6 Å². The van der Waals surface area contributed by atoms with Crippen LogP contribution in [0.15, 0.2) is 28.7 Å². The third-order valence-corrected chi connectivity index (χ3v) is 4.55. The summed E-state index contributed by atoms with van der Waals surface area (Å²) in [5, 5.41) is 0.982. The van der Waals surface area contributed by atoms with Gasteiger partial charge in [0.05, 0.1) is 0 Å². The molecule has 0 spiro atoms. The molecule has 4 heteroatoms. The van der Waals surface area contributed by atoms with Crippen LogP contribution in [0.5, 0.6) is 0 Å². The number of aryl methyl sites for hydroxylation is 1. The van der Waals surface area contributed by atoms with Gasteiger partial charge in [-0.3, -0.25) is 4.79 Å². The number of carbonyl (C=O) groups excluding carboxylic acids is 1. The molecule has 2 heterocycles. The van der Waals surface area contributed by atoms with E-state index in [0.717, 1.165) is 48.8 Å². The van der Waals surface area contributed by atoms with E-state index >= 15 is 0 Å². The van der Waals surface area contributed by atoms with E-state index in [1.165, 1.54) is 0 Å². The van der Waals surface area contributed by atoms with Crippen molar-refractivity contribution in [2.75, 3.05) is 12.4 Å². The van der Waals surface area contributed by atoms with Gasteiger partial charge in [0.25, 0.3) is 5.91 Å². The van der Waals surface area contributed by atoms with Crippen molar-refractivity contribution in [1.29, 1.82) is 0 Å². The first-order valence-electron chi connectivity index (χ1n) is 7.56. The lowest BCUT2D eigenvalue weighted by Crippen LogP contribution is -2.40. The van der Waals surface area contributed by atoms with Gasteiger partial charge in [0.1, 0.15) is 5.58 Å². The Morgan fingerprint density at radius 1 is 1.33 bits per heavy atom. The van der Waals surface area contributed by atoms with Crippen LogP contribution in [0.2, 0.25) is 0 Å². The van der Waals surface area contributed by atoms with E-state index in [9.17, 15) is 4.79 Å². The highest BCUT2D eigenvalue weighted by molar-refractivity contribution is 6.18. The predicted molar refractivity (Wildman–Crippen MR) is 85.0 cm³/mol. The predicted octanol–water partition coefficient (Wildman–Crippen LogP) is 4.36. The van der Waals surface area contributed by atoms with E-state index in [0.29, 0.717) is 11.6 Å². The highest BCUT2D eigenvalue weighted by Gasteiger charge is 2.27. The Morgan fingerprint density at radius 2 is 2.19 bits per heavy atom. The number of nitrogens with zero attached hydrogens (tertiary/aromatic N) is 1. The van der Waals surface area contributed by atoms with Crippen LogP contribution in [-0.2, 0) is 0 Å². The molecule has 0 N–H and O–H groups in total. The molecule has 0 saturated carbocycles. The molecule has 3 nitrogen and oxygen atoms in total. The molecular formula is C17H20ClNO2. The fourth-order valence-corrected chi connectivity index (χ4v) is 3.34. The summed E-state index contributed by atoms with van der Waals surface area (Å²) in [5.41, 5.74) is 1.93. The molecule has 21 heavy (non-hydrogen) atoms. The van der Waals surface area contributed by atoms with Gasteiger partial charge >= 0.3 is 0 Å². The van der Waals surface area contributed by atoms with Gasteiger partial charge < -0.3 is 9.32 Å². The van der Waals surface area contributed by atoms with Crippen LogP contribution >= 0.6 is 11.6 Å². The van der Waals surface area contributed by atoms with E-state index in [1.807, 2.05) is 36.1 Å². The second-order valence-corrected chi connectivity index (χ2v) is 6.12. The first-order chi connectivity index (χ1) is 10.2. The topological polar surface area (TPSA) is 33.5 Å². The molecule has 1 aromatic carbocycles. The van der Waals surface area contributed by atoms with Crippen molar-refractivity contribution < 1.29 is 9.21 Å². The van der Waals surface area contributed by atoms with Gasteiger partial charge in [0.2, 0.25) is 0 Å². The Hall–Kier alpha value is -1.48. The van der Waals surface area contributed by atoms with E-state index < -0.39 is 0 Å². The van der Waals surface area contributed by atoms with Crippen molar-refractivity contribution in [2.24, 2.45) is 0 Å². The highest BCUT2D eigenvalue weighted by Crippen LogP contribution is 2.25. The third-order valence-electron chi connectivity index (χ3n) is 4.20. The zero-order valence-electron chi connectivity index (χ0n) is 12.3. The SMILES string of the molecule is Cc1ccc2oc(C(=O)N3CCCCCC3CCl)cc2c1. The number of carbonyl (C=O) groups is 1. The molecule has 1 aliphatic rings. The number of hydrogen-bond donors (Lipinski definition) is 0. The summed E-state index contributed by atoms with van der Waals surface area (Å²) in [6.07, 6.45) is 4.32. The molecule has 112 valence electrons. The summed E-state index contributed by atoms with van der Waals surface area (Å²) in [6.45, 7) is 2.80. The number of fused-ring (bicyclic) bond motifs is 1. The monoisotopic (exact) mass is 305 g/mol. The summed E-state index contributed by atoms with van der Waals surface area (Å²) in [4.78, 5) is 14.6. The molecule has 1 fully saturated rings. The maximum atomic E-state index is 12.7. The molecule has 0 aliphatic carbocycles. The Balaban J connectivity index is 1.90. The number of likely N-dealkylation sites (tertiary alicyclic amines) is 1. The minimum Gasteiger partial charge on any atom is -0.451 e. The summed E-state index contributed by atoms with van der Waals surface area (Å²) in [5.74, 6) is 0.884. The lowest BCUT2D eigenvalue weighted by atomic mass is 10.1. The van der Waals surface area contributed by atoms with E-state index in [4.69, 9.17) is 16.0 Å². The minimum atomic E-state index is -0.0311. The molecule has 0 radical (unpaired) electrons. The molecule has 1 unspecified atom stereocenters. The van der Waals surface area contributed by atoms with Crippen molar-refractivity contribution in [1.82, 2.24) is 4.90 Å². The highest BCUT2D eigenvalue weighted by atomic mass is 35.5. The second-order valence-electron chi connectivity index (χ2n) is 5.81. The molecule has 3 rings (SSSR count). The minimum absolute atomic E-state index is 0.0311. The lowest BCUT2D eigenvalue weighted by molar-refractivity contribution is 0.0670. The lowest BCUT2D eigenvalue weighted by Gasteiger charge is -2.27. The van der Waals surface area contributed by atoms with Gasteiger partial charge in [-0.25, -0.2) is 0 Å². The van der Waals surface area contributed by atoms with Crippen LogP contribution in [-0.4, -0.2) is 29.3 Å². The fourth-order valence-electron chi connectivity index (χ4n) is 3.01. The summed E-state index contributed by atoms with van der Waals surface area (Å²) >= 11 is 6.05. The van der Waals surface area contributed by atoms with Gasteiger partial charge in [-0.05, 0) is 38.0 Å². The van der Waals surface area contributed by atoms with Gasteiger partial charge in [0, 0.05) is 23.9 Å². The van der Waals surface area contributed by atoms with Crippen LogP contribution in [0.1, 0.15) is 41.8 Å². The molecule has 1 aromatic heterocycles. The number of alkyl halides is 1. The largest absolute Gasteiger partial charge is 0.451 e. The molecule has 0 bridgehead atoms. The number of benzene rings is 1. The zero-order valence-corrected chi connectivity index (χ0v) is 13.0. The summed E-state index contributed by atoms with van der Waals surface area (Å²) in [6, 6.07) is 7.92. The van der Waals surface area contributed by atoms with Crippen LogP contribution in [0, 0.1) is 6.92 Å². The molecule has 1 aliphatic heterocycles. The normalized spacial score (nSPS) is 19.7. The Bertz CT molecular complexity index is 649. The van der Waals surface area contributed by atoms with Gasteiger partial charge in [-0.1, -0.05) is 24.5 Å². The first kappa shape index (κ1) is 14.5. The maximum absolute atomic E-state index is 12.7. The molecule has 2 aromatic rings. The summed E-state index contributed by atoms with van der Waals surface area (Å²) < 4.78 is 5.74. The van der Waals surface area contributed by atoms with Gasteiger partial charge in [0.15, 0.2) is 5.76 Å². The van der Waals surface area contributed by atoms with E-state index in [-0.39, 0.29) is 11.9 Å². The molecule has 1 amide bonds. The summed E-state index contributed by atoms with van der Waals surface area (Å²) in [7, 11) is 0. The van der Waals surface area contributed by atoms with Crippen LogP contribution in [0.3, 0.4) is 0 Å². The molecule has 1 saturated heterocycles. The van der Waals surface area contributed by atoms with Crippen LogP contribution in [0.25, 0.3) is 11.0 Å². The Labute approximate surface area is 129 Å².